The number of rotatable bonds is 6. The molecule has 8 heteroatoms. The number of ketones is 1. The molecule has 1 aliphatic heterocycles. The lowest BCUT2D eigenvalue weighted by atomic mass is 9.76. The van der Waals surface area contributed by atoms with Gasteiger partial charge in [-0.2, -0.15) is 0 Å². The molecule has 5 nitrogen and oxygen atoms in total. The minimum Gasteiger partial charge on any atom is -0.299 e. The van der Waals surface area contributed by atoms with Gasteiger partial charge >= 0.3 is 0 Å². The molecule has 0 aromatic heterocycles. The second-order valence-corrected chi connectivity index (χ2v) is 8.02. The van der Waals surface area contributed by atoms with Crippen molar-refractivity contribution in [3.63, 3.8) is 0 Å². The molecule has 4 rings (SSSR count). The van der Waals surface area contributed by atoms with Gasteiger partial charge in [0.15, 0.2) is 0 Å². The number of piperidine rings is 1. The predicted molar refractivity (Wildman–Crippen MR) is 123 cm³/mol. The van der Waals surface area contributed by atoms with Crippen LogP contribution in [0.4, 0.5) is 14.5 Å². The first-order chi connectivity index (χ1) is 15.4. The molecule has 0 radical (unpaired) electrons. The highest BCUT2D eigenvalue weighted by molar-refractivity contribution is 5.85. The van der Waals surface area contributed by atoms with Crippen molar-refractivity contribution in [3.05, 3.63) is 111 Å². The molecule has 0 amide bonds. The Kier molecular flexibility index (Phi) is 7.89. The van der Waals surface area contributed by atoms with Crippen LogP contribution in [0.5, 0.6) is 0 Å². The Labute approximate surface area is 196 Å². The third kappa shape index (κ3) is 5.61. The Morgan fingerprint density at radius 3 is 2.03 bits per heavy atom. The molecule has 0 aliphatic carbocycles. The minimum absolute atomic E-state index is 0. The van der Waals surface area contributed by atoms with Gasteiger partial charge in [0, 0.05) is 49.5 Å². The average molecular weight is 473 g/mol. The zero-order valence-corrected chi connectivity index (χ0v) is 18.5. The van der Waals surface area contributed by atoms with E-state index >= 15 is 0 Å². The summed E-state index contributed by atoms with van der Waals surface area (Å²) in [6.07, 6.45) is 0.310. The lowest BCUT2D eigenvalue weighted by molar-refractivity contribution is -0.385. The van der Waals surface area contributed by atoms with Crippen LogP contribution in [0.2, 0.25) is 0 Å². The van der Waals surface area contributed by atoms with Crippen LogP contribution in [0.3, 0.4) is 0 Å². The van der Waals surface area contributed by atoms with E-state index in [1.807, 2.05) is 4.90 Å². The summed E-state index contributed by atoms with van der Waals surface area (Å²) in [4.78, 5) is 26.0. The molecule has 3 aromatic carbocycles. The molecular formula is C25H23ClF2N2O3. The molecule has 1 saturated heterocycles. The number of nitro benzene ring substituents is 1. The maximum atomic E-state index is 13.6. The summed E-state index contributed by atoms with van der Waals surface area (Å²) in [5.41, 5.74) is 2.17. The van der Waals surface area contributed by atoms with Crippen molar-refractivity contribution < 1.29 is 18.5 Å². The molecule has 0 saturated carbocycles. The summed E-state index contributed by atoms with van der Waals surface area (Å²) in [6.45, 7) is 1.24. The molecule has 0 bridgehead atoms. The lowest BCUT2D eigenvalue weighted by Gasteiger charge is -2.36. The second kappa shape index (κ2) is 10.6. The summed E-state index contributed by atoms with van der Waals surface area (Å²) in [5, 5.41) is 11.4. The van der Waals surface area contributed by atoms with Crippen LogP contribution in [-0.2, 0) is 11.3 Å². The average Bonchev–Trinajstić information content (AvgIpc) is 2.79. The van der Waals surface area contributed by atoms with E-state index in [1.165, 1.54) is 30.3 Å². The predicted octanol–water partition coefficient (Wildman–Crippen LogP) is 5.52. The molecule has 1 fully saturated rings. The quantitative estimate of drug-likeness (QED) is 0.350. The minimum atomic E-state index is -0.442. The molecule has 3 aromatic rings. The van der Waals surface area contributed by atoms with Crippen LogP contribution in [0.25, 0.3) is 0 Å². The van der Waals surface area contributed by atoms with Crippen molar-refractivity contribution in [2.24, 2.45) is 5.92 Å². The van der Waals surface area contributed by atoms with E-state index in [9.17, 15) is 23.7 Å². The maximum Gasteiger partial charge on any atom is 0.273 e. The number of carbonyl (C=O) groups excluding carboxylic acids is 1. The normalized spacial score (nSPS) is 16.5. The number of hydrogen-bond acceptors (Lipinski definition) is 4. The van der Waals surface area contributed by atoms with Crippen LogP contribution in [0.15, 0.2) is 72.8 Å². The number of hydrogen-bond donors (Lipinski definition) is 0. The van der Waals surface area contributed by atoms with Crippen molar-refractivity contribution in [2.75, 3.05) is 13.1 Å². The third-order valence-corrected chi connectivity index (χ3v) is 5.99. The zero-order valence-electron chi connectivity index (χ0n) is 17.7. The van der Waals surface area contributed by atoms with E-state index in [0.717, 1.165) is 11.1 Å². The van der Waals surface area contributed by atoms with Gasteiger partial charge in [0.1, 0.15) is 17.4 Å². The first-order valence-electron chi connectivity index (χ1n) is 10.4. The standard InChI is InChI=1S/C25H22F2N2O3.ClH/c26-20-9-5-17(6-10-20)25(18-7-11-21(27)12-8-18)22-16-28(14-13-24(22)30)15-19-3-1-2-4-23(19)29(31)32;/h1-12,22,25H,13-16H2;1H. The van der Waals surface area contributed by atoms with Gasteiger partial charge in [0.25, 0.3) is 5.69 Å². The summed E-state index contributed by atoms with van der Waals surface area (Å²) in [7, 11) is 0. The monoisotopic (exact) mass is 472 g/mol. The van der Waals surface area contributed by atoms with Crippen LogP contribution >= 0.6 is 12.4 Å². The van der Waals surface area contributed by atoms with Gasteiger partial charge in [-0.05, 0) is 35.4 Å². The van der Waals surface area contributed by atoms with E-state index in [0.29, 0.717) is 31.6 Å². The molecular weight excluding hydrogens is 450 g/mol. The van der Waals surface area contributed by atoms with Gasteiger partial charge in [0.05, 0.1) is 4.92 Å². The van der Waals surface area contributed by atoms with Crippen molar-refractivity contribution in [1.29, 1.82) is 0 Å². The molecule has 172 valence electrons. The Bertz CT molecular complexity index is 1080. The molecule has 1 heterocycles. The number of likely N-dealkylation sites (tertiary alicyclic amines) is 1. The molecule has 33 heavy (non-hydrogen) atoms. The zero-order chi connectivity index (χ0) is 22.7. The Morgan fingerprint density at radius 1 is 0.939 bits per heavy atom. The van der Waals surface area contributed by atoms with E-state index in [2.05, 4.69) is 0 Å². The topological polar surface area (TPSA) is 63.5 Å². The van der Waals surface area contributed by atoms with E-state index in [4.69, 9.17) is 0 Å². The van der Waals surface area contributed by atoms with Crippen LogP contribution in [0.1, 0.15) is 29.0 Å². The summed E-state index contributed by atoms with van der Waals surface area (Å²) in [6, 6.07) is 18.6. The van der Waals surface area contributed by atoms with Gasteiger partial charge in [-0.3, -0.25) is 19.8 Å². The largest absolute Gasteiger partial charge is 0.299 e. The van der Waals surface area contributed by atoms with Crippen LogP contribution in [-0.4, -0.2) is 28.7 Å². The third-order valence-electron chi connectivity index (χ3n) is 5.99. The number of Topliss-reactive ketones (excluding diaryl/α,β-unsaturated/α-hetero) is 1. The first-order valence-corrected chi connectivity index (χ1v) is 10.4. The van der Waals surface area contributed by atoms with Crippen molar-refractivity contribution >= 4 is 23.9 Å². The fourth-order valence-corrected chi connectivity index (χ4v) is 4.42. The van der Waals surface area contributed by atoms with Gasteiger partial charge in [0.2, 0.25) is 0 Å². The number of para-hydroxylation sites is 1. The molecule has 1 aliphatic rings. The van der Waals surface area contributed by atoms with E-state index < -0.39 is 10.8 Å². The number of nitro groups is 1. The summed E-state index contributed by atoms with van der Waals surface area (Å²) >= 11 is 0. The number of benzene rings is 3. The highest BCUT2D eigenvalue weighted by atomic mass is 35.5. The smallest absolute Gasteiger partial charge is 0.273 e. The summed E-state index contributed by atoms with van der Waals surface area (Å²) < 4.78 is 27.1. The lowest BCUT2D eigenvalue weighted by Crippen LogP contribution is -2.43. The molecule has 0 spiro atoms. The fraction of sp³-hybridized carbons (Fsp3) is 0.240. The van der Waals surface area contributed by atoms with Crippen molar-refractivity contribution in [2.45, 2.75) is 18.9 Å². The molecule has 1 unspecified atom stereocenters. The Morgan fingerprint density at radius 2 is 1.48 bits per heavy atom. The Balaban J connectivity index is 0.00000306. The summed E-state index contributed by atoms with van der Waals surface area (Å²) in [5.74, 6) is -1.50. The number of carbonyl (C=O) groups is 1. The molecule has 1 atom stereocenters. The van der Waals surface area contributed by atoms with Crippen molar-refractivity contribution in [3.8, 4) is 0 Å². The first kappa shape index (κ1) is 24.5. The van der Waals surface area contributed by atoms with E-state index in [-0.39, 0.29) is 41.4 Å². The SMILES string of the molecule is Cl.O=C1CCN(Cc2ccccc2[N+](=O)[O-])CC1C(c1ccc(F)cc1)c1ccc(F)cc1. The molecule has 0 N–H and O–H groups in total. The van der Waals surface area contributed by atoms with Crippen LogP contribution in [0, 0.1) is 27.7 Å². The number of nitrogens with zero attached hydrogens (tertiary/aromatic N) is 2. The highest BCUT2D eigenvalue weighted by Crippen LogP contribution is 2.36. The van der Waals surface area contributed by atoms with Gasteiger partial charge in [-0.15, -0.1) is 12.4 Å². The van der Waals surface area contributed by atoms with Gasteiger partial charge in [-0.25, -0.2) is 8.78 Å². The van der Waals surface area contributed by atoms with Crippen molar-refractivity contribution in [1.82, 2.24) is 4.90 Å². The van der Waals surface area contributed by atoms with E-state index in [1.54, 1.807) is 42.5 Å². The van der Waals surface area contributed by atoms with Gasteiger partial charge < -0.3 is 0 Å². The van der Waals surface area contributed by atoms with Crippen LogP contribution < -0.4 is 0 Å². The van der Waals surface area contributed by atoms with Gasteiger partial charge in [-0.1, -0.05) is 42.5 Å². The Hall–Kier alpha value is -3.16. The highest BCUT2D eigenvalue weighted by Gasteiger charge is 2.36. The maximum absolute atomic E-state index is 13.6. The fourth-order valence-electron chi connectivity index (χ4n) is 4.42. The number of halogens is 3. The second-order valence-electron chi connectivity index (χ2n) is 8.02.